The molecule has 1 aromatic carbocycles. The van der Waals surface area contributed by atoms with E-state index in [1.807, 2.05) is 23.1 Å². The molecule has 4 rings (SSSR count). The van der Waals surface area contributed by atoms with Crippen molar-refractivity contribution in [3.8, 4) is 5.75 Å². The quantitative estimate of drug-likeness (QED) is 0.870. The molecule has 1 saturated heterocycles. The van der Waals surface area contributed by atoms with E-state index in [9.17, 15) is 9.59 Å². The topological polar surface area (TPSA) is 91.1 Å². The fourth-order valence-electron chi connectivity index (χ4n) is 3.76. The van der Waals surface area contributed by atoms with E-state index in [1.54, 1.807) is 0 Å². The van der Waals surface area contributed by atoms with Gasteiger partial charge in [-0.15, -0.1) is 0 Å². The molecule has 1 fully saturated rings. The van der Waals surface area contributed by atoms with Crippen molar-refractivity contribution in [2.75, 3.05) is 19.7 Å². The second-order valence-electron chi connectivity index (χ2n) is 7.51. The van der Waals surface area contributed by atoms with Gasteiger partial charge in [0.25, 0.3) is 5.91 Å². The Kier molecular flexibility index (Phi) is 3.67. The molecule has 25 heavy (non-hydrogen) atoms. The van der Waals surface area contributed by atoms with E-state index in [0.717, 1.165) is 18.4 Å². The van der Waals surface area contributed by atoms with Crippen molar-refractivity contribution in [3.63, 3.8) is 0 Å². The van der Waals surface area contributed by atoms with Crippen molar-refractivity contribution >= 4 is 5.91 Å². The Labute approximate surface area is 145 Å². The molecule has 1 aromatic heterocycles. The molecule has 1 atom stereocenters. The van der Waals surface area contributed by atoms with Crippen LogP contribution in [-0.2, 0) is 5.41 Å². The minimum Gasteiger partial charge on any atom is -0.492 e. The van der Waals surface area contributed by atoms with Crippen molar-refractivity contribution in [3.05, 3.63) is 45.6 Å². The van der Waals surface area contributed by atoms with Crippen LogP contribution in [0, 0.1) is 0 Å². The zero-order chi connectivity index (χ0) is 17.6. The van der Waals surface area contributed by atoms with E-state index in [2.05, 4.69) is 29.0 Å². The fourth-order valence-corrected chi connectivity index (χ4v) is 3.76. The standard InChI is InChI=1S/C18H22N4O3/c1-18(2)10-25-14-12(6-3-7-13(14)18)16(23)22-8-4-5-11(9-22)15-19-17(24)21-20-15/h3,6-7,11H,4-5,8-10H2,1-2H3,(H2,19,20,21,24)/t11-/m1/s1. The first-order valence-electron chi connectivity index (χ1n) is 8.66. The number of nitrogens with zero attached hydrogens (tertiary/aromatic N) is 2. The number of nitrogens with one attached hydrogen (secondary N) is 2. The molecule has 132 valence electrons. The van der Waals surface area contributed by atoms with Crippen LogP contribution < -0.4 is 10.4 Å². The molecule has 1 amide bonds. The summed E-state index contributed by atoms with van der Waals surface area (Å²) in [5, 5.41) is 6.43. The summed E-state index contributed by atoms with van der Waals surface area (Å²) in [5.74, 6) is 1.37. The molecule has 2 aromatic rings. The monoisotopic (exact) mass is 342 g/mol. The lowest BCUT2D eigenvalue weighted by Gasteiger charge is -2.32. The third-order valence-electron chi connectivity index (χ3n) is 5.17. The molecule has 7 nitrogen and oxygen atoms in total. The molecular formula is C18H22N4O3. The van der Waals surface area contributed by atoms with Gasteiger partial charge in [-0.1, -0.05) is 26.0 Å². The van der Waals surface area contributed by atoms with Crippen molar-refractivity contribution in [2.45, 2.75) is 38.0 Å². The number of likely N-dealkylation sites (tertiary alicyclic amines) is 1. The zero-order valence-corrected chi connectivity index (χ0v) is 14.5. The molecule has 0 spiro atoms. The molecule has 0 bridgehead atoms. The fraction of sp³-hybridized carbons (Fsp3) is 0.500. The van der Waals surface area contributed by atoms with Crippen LogP contribution in [0.3, 0.4) is 0 Å². The SMILES string of the molecule is CC1(C)COc2c(C(=O)N3CCC[C@@H](c4n[nH]c(=O)[nH]4)C3)cccc21. The first-order chi connectivity index (χ1) is 12.0. The van der Waals surface area contributed by atoms with Gasteiger partial charge in [0.2, 0.25) is 0 Å². The third kappa shape index (κ3) is 2.73. The number of fused-ring (bicyclic) bond motifs is 1. The largest absolute Gasteiger partial charge is 0.492 e. The van der Waals surface area contributed by atoms with Crippen molar-refractivity contribution in [1.29, 1.82) is 0 Å². The number of hydrogen-bond donors (Lipinski definition) is 2. The van der Waals surface area contributed by atoms with Gasteiger partial charge in [0.1, 0.15) is 11.6 Å². The van der Waals surface area contributed by atoms with E-state index in [4.69, 9.17) is 4.74 Å². The highest BCUT2D eigenvalue weighted by molar-refractivity contribution is 5.97. The maximum atomic E-state index is 13.1. The van der Waals surface area contributed by atoms with Crippen molar-refractivity contribution < 1.29 is 9.53 Å². The minimum atomic E-state index is -0.310. The van der Waals surface area contributed by atoms with Crippen LogP contribution in [0.1, 0.15) is 54.4 Å². The second-order valence-corrected chi connectivity index (χ2v) is 7.51. The Bertz CT molecular complexity index is 867. The van der Waals surface area contributed by atoms with Gasteiger partial charge in [-0.25, -0.2) is 9.89 Å². The second kappa shape index (κ2) is 5.75. The molecule has 2 aliphatic rings. The van der Waals surface area contributed by atoms with Gasteiger partial charge in [0.15, 0.2) is 0 Å². The van der Waals surface area contributed by atoms with Gasteiger partial charge in [-0.2, -0.15) is 5.10 Å². The van der Waals surface area contributed by atoms with Gasteiger partial charge < -0.3 is 9.64 Å². The lowest BCUT2D eigenvalue weighted by Crippen LogP contribution is -2.39. The Morgan fingerprint density at radius 2 is 2.24 bits per heavy atom. The molecule has 0 unspecified atom stereocenters. The highest BCUT2D eigenvalue weighted by atomic mass is 16.5. The van der Waals surface area contributed by atoms with E-state index in [-0.39, 0.29) is 22.9 Å². The lowest BCUT2D eigenvalue weighted by atomic mass is 9.86. The van der Waals surface area contributed by atoms with Crippen molar-refractivity contribution in [2.24, 2.45) is 0 Å². The van der Waals surface area contributed by atoms with E-state index in [1.165, 1.54) is 0 Å². The first-order valence-corrected chi connectivity index (χ1v) is 8.66. The summed E-state index contributed by atoms with van der Waals surface area (Å²) in [7, 11) is 0. The highest BCUT2D eigenvalue weighted by Crippen LogP contribution is 2.41. The summed E-state index contributed by atoms with van der Waals surface area (Å²) in [6, 6.07) is 5.80. The molecular weight excluding hydrogens is 320 g/mol. The van der Waals surface area contributed by atoms with Gasteiger partial charge >= 0.3 is 5.69 Å². The number of H-pyrrole nitrogens is 2. The summed E-state index contributed by atoms with van der Waals surface area (Å²) in [5.41, 5.74) is 1.32. The maximum absolute atomic E-state index is 13.1. The summed E-state index contributed by atoms with van der Waals surface area (Å²) in [6.07, 6.45) is 1.79. The van der Waals surface area contributed by atoms with E-state index >= 15 is 0 Å². The number of aromatic nitrogens is 3. The number of ether oxygens (including phenoxy) is 1. The normalized spacial score (nSPS) is 21.7. The number of benzene rings is 1. The minimum absolute atomic E-state index is 0.0165. The summed E-state index contributed by atoms with van der Waals surface area (Å²) in [4.78, 5) is 28.9. The number of carbonyl (C=O) groups is 1. The third-order valence-corrected chi connectivity index (χ3v) is 5.17. The van der Waals surface area contributed by atoms with Gasteiger partial charge in [0, 0.05) is 30.0 Å². The summed E-state index contributed by atoms with van der Waals surface area (Å²) in [6.45, 7) is 6.09. The molecule has 0 radical (unpaired) electrons. The molecule has 3 heterocycles. The number of para-hydroxylation sites is 1. The Balaban J connectivity index is 1.59. The number of hydrogen-bond acceptors (Lipinski definition) is 4. The van der Waals surface area contributed by atoms with Crippen LogP contribution in [0.5, 0.6) is 5.75 Å². The van der Waals surface area contributed by atoms with E-state index < -0.39 is 0 Å². The summed E-state index contributed by atoms with van der Waals surface area (Å²) >= 11 is 0. The number of aromatic amines is 2. The predicted octanol–water partition coefficient (Wildman–Crippen LogP) is 1.79. The Morgan fingerprint density at radius 3 is 3.00 bits per heavy atom. The average Bonchev–Trinajstić information content (AvgIpc) is 3.18. The maximum Gasteiger partial charge on any atom is 0.340 e. The number of piperidine rings is 1. The number of carbonyl (C=O) groups excluding carboxylic acids is 1. The molecule has 7 heteroatoms. The molecule has 0 aliphatic carbocycles. The molecule has 0 saturated carbocycles. The molecule has 2 aliphatic heterocycles. The van der Waals surface area contributed by atoms with Crippen LogP contribution in [0.4, 0.5) is 0 Å². The number of rotatable bonds is 2. The highest BCUT2D eigenvalue weighted by Gasteiger charge is 2.36. The van der Waals surface area contributed by atoms with Crippen molar-refractivity contribution in [1.82, 2.24) is 20.1 Å². The Morgan fingerprint density at radius 1 is 1.40 bits per heavy atom. The van der Waals surface area contributed by atoms with Gasteiger partial charge in [0.05, 0.1) is 12.2 Å². The first kappa shape index (κ1) is 15.9. The number of amides is 1. The predicted molar refractivity (Wildman–Crippen MR) is 92.0 cm³/mol. The van der Waals surface area contributed by atoms with Crippen LogP contribution in [0.15, 0.2) is 23.0 Å². The smallest absolute Gasteiger partial charge is 0.340 e. The van der Waals surface area contributed by atoms with E-state index in [0.29, 0.717) is 36.8 Å². The van der Waals surface area contributed by atoms with Crippen LogP contribution >= 0.6 is 0 Å². The van der Waals surface area contributed by atoms with Crippen LogP contribution in [0.25, 0.3) is 0 Å². The molecule has 2 N–H and O–H groups in total. The van der Waals surface area contributed by atoms with Gasteiger partial charge in [-0.05, 0) is 18.9 Å². The Hall–Kier alpha value is -2.57. The van der Waals surface area contributed by atoms with Crippen LogP contribution in [0.2, 0.25) is 0 Å². The van der Waals surface area contributed by atoms with Gasteiger partial charge in [-0.3, -0.25) is 9.78 Å². The van der Waals surface area contributed by atoms with Crippen LogP contribution in [-0.4, -0.2) is 45.7 Å². The zero-order valence-electron chi connectivity index (χ0n) is 14.5. The average molecular weight is 342 g/mol. The summed E-state index contributed by atoms with van der Waals surface area (Å²) < 4.78 is 5.86. The lowest BCUT2D eigenvalue weighted by molar-refractivity contribution is 0.0701.